The number of aromatic hydroxyl groups is 1. The van der Waals surface area contributed by atoms with E-state index in [9.17, 15) is 9.90 Å². The summed E-state index contributed by atoms with van der Waals surface area (Å²) in [6.45, 7) is 5.72. The van der Waals surface area contributed by atoms with E-state index >= 15 is 0 Å². The first-order valence-corrected chi connectivity index (χ1v) is 7.24. The molecule has 0 radical (unpaired) electrons. The first-order valence-electron chi connectivity index (χ1n) is 7.24. The lowest BCUT2D eigenvalue weighted by Crippen LogP contribution is -2.49. The fourth-order valence-corrected chi connectivity index (χ4v) is 2.92. The standard InChI is InChI=1S/C15H21N3O2/c19-14-2-1-12-3-6-18(10-13(12)9-14)15(20)11-17-7-4-16-5-8-17/h1-2,9,16,19H,3-8,10-11H2. The zero-order valence-corrected chi connectivity index (χ0v) is 11.6. The number of hydrogen-bond donors (Lipinski definition) is 2. The Bertz CT molecular complexity index is 498. The van der Waals surface area contributed by atoms with Crippen LogP contribution in [0.4, 0.5) is 0 Å². The first kappa shape index (κ1) is 13.4. The third kappa shape index (κ3) is 2.94. The molecule has 1 amide bonds. The number of hydrogen-bond acceptors (Lipinski definition) is 4. The summed E-state index contributed by atoms with van der Waals surface area (Å²) < 4.78 is 0. The molecule has 5 nitrogen and oxygen atoms in total. The number of nitrogens with one attached hydrogen (secondary N) is 1. The van der Waals surface area contributed by atoms with Crippen molar-refractivity contribution in [3.05, 3.63) is 29.3 Å². The summed E-state index contributed by atoms with van der Waals surface area (Å²) in [6, 6.07) is 5.46. The summed E-state index contributed by atoms with van der Waals surface area (Å²) in [5.74, 6) is 0.473. The van der Waals surface area contributed by atoms with Gasteiger partial charge in [-0.25, -0.2) is 0 Å². The quantitative estimate of drug-likeness (QED) is 0.808. The van der Waals surface area contributed by atoms with E-state index in [0.29, 0.717) is 13.1 Å². The maximum atomic E-state index is 12.4. The van der Waals surface area contributed by atoms with Gasteiger partial charge >= 0.3 is 0 Å². The van der Waals surface area contributed by atoms with Crippen LogP contribution in [0, 0.1) is 0 Å². The summed E-state index contributed by atoms with van der Waals surface area (Å²) >= 11 is 0. The predicted molar refractivity (Wildman–Crippen MR) is 76.5 cm³/mol. The Kier molecular flexibility index (Phi) is 3.89. The van der Waals surface area contributed by atoms with Gasteiger partial charge in [0.25, 0.3) is 0 Å². The molecule has 20 heavy (non-hydrogen) atoms. The largest absolute Gasteiger partial charge is 0.508 e. The topological polar surface area (TPSA) is 55.8 Å². The Labute approximate surface area is 119 Å². The van der Waals surface area contributed by atoms with Gasteiger partial charge in [-0.15, -0.1) is 0 Å². The summed E-state index contributed by atoms with van der Waals surface area (Å²) in [5.41, 5.74) is 2.32. The van der Waals surface area contributed by atoms with Crippen LogP contribution in [-0.4, -0.2) is 60.1 Å². The second-order valence-corrected chi connectivity index (χ2v) is 5.54. The monoisotopic (exact) mass is 275 g/mol. The molecule has 0 saturated carbocycles. The number of phenolic OH excluding ortho intramolecular Hbond substituents is 1. The SMILES string of the molecule is O=C(CN1CCNCC1)N1CCc2ccc(O)cc2C1. The van der Waals surface area contributed by atoms with Crippen molar-refractivity contribution in [2.75, 3.05) is 39.3 Å². The van der Waals surface area contributed by atoms with Crippen LogP contribution in [0.15, 0.2) is 18.2 Å². The number of piperazine rings is 1. The fraction of sp³-hybridized carbons (Fsp3) is 0.533. The lowest BCUT2D eigenvalue weighted by atomic mass is 9.99. The molecule has 0 aromatic heterocycles. The molecule has 108 valence electrons. The van der Waals surface area contributed by atoms with Gasteiger partial charge in [0.15, 0.2) is 0 Å². The number of carbonyl (C=O) groups excluding carboxylic acids is 1. The van der Waals surface area contributed by atoms with Crippen molar-refractivity contribution in [3.8, 4) is 5.75 Å². The molecule has 2 N–H and O–H groups in total. The number of carbonyl (C=O) groups is 1. The van der Waals surface area contributed by atoms with Gasteiger partial charge < -0.3 is 15.3 Å². The van der Waals surface area contributed by atoms with Gasteiger partial charge in [0, 0.05) is 39.3 Å². The Balaban J connectivity index is 1.62. The van der Waals surface area contributed by atoms with Crippen molar-refractivity contribution >= 4 is 5.91 Å². The normalized spacial score (nSPS) is 19.7. The van der Waals surface area contributed by atoms with Crippen molar-refractivity contribution in [2.45, 2.75) is 13.0 Å². The van der Waals surface area contributed by atoms with E-state index < -0.39 is 0 Å². The van der Waals surface area contributed by atoms with E-state index in [4.69, 9.17) is 0 Å². The zero-order chi connectivity index (χ0) is 13.9. The molecule has 1 aromatic carbocycles. The highest BCUT2D eigenvalue weighted by Gasteiger charge is 2.23. The van der Waals surface area contributed by atoms with Crippen LogP contribution < -0.4 is 5.32 Å². The smallest absolute Gasteiger partial charge is 0.237 e. The predicted octanol–water partition coefficient (Wildman–Crippen LogP) is 0.182. The van der Waals surface area contributed by atoms with E-state index in [1.807, 2.05) is 11.0 Å². The zero-order valence-electron chi connectivity index (χ0n) is 11.6. The molecule has 0 spiro atoms. The van der Waals surface area contributed by atoms with Crippen LogP contribution >= 0.6 is 0 Å². The van der Waals surface area contributed by atoms with Gasteiger partial charge in [-0.3, -0.25) is 9.69 Å². The molecule has 5 heteroatoms. The summed E-state index contributed by atoms with van der Waals surface area (Å²) in [7, 11) is 0. The second-order valence-electron chi connectivity index (χ2n) is 5.54. The van der Waals surface area contributed by atoms with E-state index in [2.05, 4.69) is 10.2 Å². The number of nitrogens with zero attached hydrogens (tertiary/aromatic N) is 2. The van der Waals surface area contributed by atoms with Crippen LogP contribution in [0.1, 0.15) is 11.1 Å². The first-order chi connectivity index (χ1) is 9.72. The minimum absolute atomic E-state index is 0.195. The highest BCUT2D eigenvalue weighted by Crippen LogP contribution is 2.23. The third-order valence-electron chi connectivity index (χ3n) is 4.12. The lowest BCUT2D eigenvalue weighted by molar-refractivity contribution is -0.133. The summed E-state index contributed by atoms with van der Waals surface area (Å²) in [5, 5.41) is 12.8. The van der Waals surface area contributed by atoms with E-state index in [0.717, 1.165) is 44.7 Å². The minimum Gasteiger partial charge on any atom is -0.508 e. The summed E-state index contributed by atoms with van der Waals surface area (Å²) in [6.07, 6.45) is 0.878. The maximum Gasteiger partial charge on any atom is 0.237 e. The number of fused-ring (bicyclic) bond motifs is 1. The summed E-state index contributed by atoms with van der Waals surface area (Å²) in [4.78, 5) is 16.5. The molecule has 0 unspecified atom stereocenters. The molecule has 0 aliphatic carbocycles. The molecule has 2 aliphatic rings. The van der Waals surface area contributed by atoms with E-state index in [1.165, 1.54) is 5.56 Å². The van der Waals surface area contributed by atoms with Crippen molar-refractivity contribution in [3.63, 3.8) is 0 Å². The molecule has 3 rings (SSSR count). The Morgan fingerprint density at radius 2 is 2.00 bits per heavy atom. The van der Waals surface area contributed by atoms with Crippen molar-refractivity contribution < 1.29 is 9.90 Å². The van der Waals surface area contributed by atoms with Gasteiger partial charge in [-0.2, -0.15) is 0 Å². The highest BCUT2D eigenvalue weighted by atomic mass is 16.3. The molecule has 2 heterocycles. The molecule has 1 fully saturated rings. The van der Waals surface area contributed by atoms with Crippen LogP contribution in [0.5, 0.6) is 5.75 Å². The number of phenols is 1. The van der Waals surface area contributed by atoms with Crippen molar-refractivity contribution in [1.82, 2.24) is 15.1 Å². The van der Waals surface area contributed by atoms with Crippen molar-refractivity contribution in [1.29, 1.82) is 0 Å². The van der Waals surface area contributed by atoms with Gasteiger partial charge in [0.05, 0.1) is 6.54 Å². The Morgan fingerprint density at radius 3 is 2.80 bits per heavy atom. The molecular formula is C15H21N3O2. The Morgan fingerprint density at radius 1 is 1.20 bits per heavy atom. The van der Waals surface area contributed by atoms with E-state index in [-0.39, 0.29) is 11.7 Å². The third-order valence-corrected chi connectivity index (χ3v) is 4.12. The average Bonchev–Trinajstić information content (AvgIpc) is 2.47. The van der Waals surface area contributed by atoms with Crippen LogP contribution in [-0.2, 0) is 17.8 Å². The molecule has 0 atom stereocenters. The van der Waals surface area contributed by atoms with Crippen LogP contribution in [0.25, 0.3) is 0 Å². The van der Waals surface area contributed by atoms with Gasteiger partial charge in [0.2, 0.25) is 5.91 Å². The molecule has 2 aliphatic heterocycles. The van der Waals surface area contributed by atoms with Gasteiger partial charge in [0.1, 0.15) is 5.75 Å². The molecule has 1 aromatic rings. The highest BCUT2D eigenvalue weighted by molar-refractivity contribution is 5.78. The van der Waals surface area contributed by atoms with Crippen LogP contribution in [0.3, 0.4) is 0 Å². The molecule has 1 saturated heterocycles. The lowest BCUT2D eigenvalue weighted by Gasteiger charge is -2.32. The minimum atomic E-state index is 0.195. The molecular weight excluding hydrogens is 254 g/mol. The second kappa shape index (κ2) is 5.81. The number of amides is 1. The number of rotatable bonds is 2. The van der Waals surface area contributed by atoms with Gasteiger partial charge in [-0.1, -0.05) is 6.07 Å². The molecule has 0 bridgehead atoms. The van der Waals surface area contributed by atoms with Gasteiger partial charge in [-0.05, 0) is 29.7 Å². The Hall–Kier alpha value is -1.59. The van der Waals surface area contributed by atoms with Crippen LogP contribution in [0.2, 0.25) is 0 Å². The fourth-order valence-electron chi connectivity index (χ4n) is 2.92. The van der Waals surface area contributed by atoms with Crippen molar-refractivity contribution in [2.24, 2.45) is 0 Å². The number of benzene rings is 1. The maximum absolute atomic E-state index is 12.4. The average molecular weight is 275 g/mol. The van der Waals surface area contributed by atoms with E-state index in [1.54, 1.807) is 12.1 Å².